The van der Waals surface area contributed by atoms with Gasteiger partial charge in [-0.15, -0.1) is 0 Å². The van der Waals surface area contributed by atoms with Gasteiger partial charge in [-0.1, -0.05) is 11.6 Å². The Kier molecular flexibility index (Phi) is 3.82. The van der Waals surface area contributed by atoms with Crippen molar-refractivity contribution in [3.63, 3.8) is 0 Å². The molecule has 0 aliphatic heterocycles. The molecular weight excluding hydrogens is 259 g/mol. The van der Waals surface area contributed by atoms with Gasteiger partial charge in [-0.3, -0.25) is 4.79 Å². The van der Waals surface area contributed by atoms with E-state index in [4.69, 9.17) is 11.6 Å². The molecule has 6 heteroatoms. The highest BCUT2D eigenvalue weighted by Crippen LogP contribution is 2.28. The van der Waals surface area contributed by atoms with Crippen LogP contribution in [0.1, 0.15) is 23.2 Å². The highest BCUT2D eigenvalue weighted by molar-refractivity contribution is 6.32. The van der Waals surface area contributed by atoms with Crippen LogP contribution in [0.5, 0.6) is 0 Å². The number of carbonyl (C=O) groups is 1. The number of aliphatic hydroxyl groups excluding tert-OH is 1. The predicted octanol–water partition coefficient (Wildman–Crippen LogP) is 1.72. The molecule has 0 unspecified atom stereocenters. The molecule has 1 aliphatic carbocycles. The van der Waals surface area contributed by atoms with E-state index in [1.165, 1.54) is 4.90 Å². The predicted molar refractivity (Wildman–Crippen MR) is 64.9 cm³/mol. The summed E-state index contributed by atoms with van der Waals surface area (Å²) >= 11 is 5.78. The van der Waals surface area contributed by atoms with E-state index in [2.05, 4.69) is 4.98 Å². The molecule has 0 atom stereocenters. The van der Waals surface area contributed by atoms with Crippen LogP contribution in [0.2, 0.25) is 5.15 Å². The Labute approximate surface area is 109 Å². The maximum Gasteiger partial charge on any atom is 0.256 e. The van der Waals surface area contributed by atoms with Gasteiger partial charge in [-0.05, 0) is 24.8 Å². The lowest BCUT2D eigenvalue weighted by Gasteiger charge is -2.34. The number of hydrogen-bond acceptors (Lipinski definition) is 3. The van der Waals surface area contributed by atoms with Gasteiger partial charge in [0.05, 0.1) is 17.9 Å². The van der Waals surface area contributed by atoms with Crippen molar-refractivity contribution >= 4 is 17.5 Å². The van der Waals surface area contributed by atoms with Crippen molar-refractivity contribution in [1.29, 1.82) is 0 Å². The molecule has 1 aromatic heterocycles. The number of halogens is 2. The molecule has 4 nitrogen and oxygen atoms in total. The fourth-order valence-corrected chi connectivity index (χ4v) is 2.28. The maximum absolute atomic E-state index is 13.0. The van der Waals surface area contributed by atoms with Crippen molar-refractivity contribution in [2.24, 2.45) is 5.92 Å². The number of rotatable bonds is 3. The molecule has 1 aromatic rings. The Morgan fingerprint density at radius 2 is 2.33 bits per heavy atom. The molecule has 0 radical (unpaired) electrons. The van der Waals surface area contributed by atoms with E-state index >= 15 is 0 Å². The molecule has 1 heterocycles. The normalized spacial score (nSPS) is 22.4. The molecule has 0 bridgehead atoms. The fraction of sp³-hybridized carbons (Fsp3) is 0.500. The van der Waals surface area contributed by atoms with Crippen LogP contribution in [-0.2, 0) is 0 Å². The minimum Gasteiger partial charge on any atom is -0.393 e. The topological polar surface area (TPSA) is 53.4 Å². The summed E-state index contributed by atoms with van der Waals surface area (Å²) in [6.45, 7) is 0.530. The highest BCUT2D eigenvalue weighted by Gasteiger charge is 2.29. The van der Waals surface area contributed by atoms with E-state index in [9.17, 15) is 14.3 Å². The molecule has 1 saturated carbocycles. The monoisotopic (exact) mass is 272 g/mol. The zero-order valence-electron chi connectivity index (χ0n) is 9.94. The van der Waals surface area contributed by atoms with E-state index in [1.54, 1.807) is 7.05 Å². The van der Waals surface area contributed by atoms with Crippen molar-refractivity contribution in [3.8, 4) is 0 Å². The standard InChI is InChI=1S/C12H14ClFN2O2/c1-16(6-7-2-9(17)3-7)12(18)10-4-8(14)5-15-11(10)13/h4-5,7,9,17H,2-3,6H2,1H3. The number of nitrogens with zero attached hydrogens (tertiary/aromatic N) is 2. The Hall–Kier alpha value is -1.20. The summed E-state index contributed by atoms with van der Waals surface area (Å²) in [5.74, 6) is -0.641. The lowest BCUT2D eigenvalue weighted by molar-refractivity contribution is 0.0265. The number of amides is 1. The lowest BCUT2D eigenvalue weighted by atomic mass is 9.82. The van der Waals surface area contributed by atoms with Crippen molar-refractivity contribution < 1.29 is 14.3 Å². The van der Waals surface area contributed by atoms with Crippen LogP contribution in [0.3, 0.4) is 0 Å². The minimum atomic E-state index is -0.588. The number of aromatic nitrogens is 1. The third kappa shape index (κ3) is 2.79. The summed E-state index contributed by atoms with van der Waals surface area (Å²) in [5, 5.41) is 9.18. The van der Waals surface area contributed by atoms with E-state index < -0.39 is 5.82 Å². The first-order valence-corrected chi connectivity index (χ1v) is 6.09. The minimum absolute atomic E-state index is 0.00175. The van der Waals surface area contributed by atoms with Crippen LogP contribution >= 0.6 is 11.6 Å². The van der Waals surface area contributed by atoms with E-state index in [-0.39, 0.29) is 22.7 Å². The SMILES string of the molecule is CN(CC1CC(O)C1)C(=O)c1cc(F)cnc1Cl. The second-order valence-electron chi connectivity index (χ2n) is 4.67. The Morgan fingerprint density at radius 3 is 2.94 bits per heavy atom. The van der Waals surface area contributed by atoms with Gasteiger partial charge >= 0.3 is 0 Å². The van der Waals surface area contributed by atoms with Crippen molar-refractivity contribution in [2.75, 3.05) is 13.6 Å². The van der Waals surface area contributed by atoms with Crippen molar-refractivity contribution in [1.82, 2.24) is 9.88 Å². The summed E-state index contributed by atoms with van der Waals surface area (Å²) in [6.07, 6.45) is 2.12. The average molecular weight is 273 g/mol. The number of pyridine rings is 1. The second-order valence-corrected chi connectivity index (χ2v) is 5.03. The van der Waals surface area contributed by atoms with Gasteiger partial charge in [0.25, 0.3) is 5.91 Å². The Bertz CT molecular complexity index is 463. The highest BCUT2D eigenvalue weighted by atomic mass is 35.5. The zero-order valence-corrected chi connectivity index (χ0v) is 10.7. The molecule has 0 aromatic carbocycles. The molecule has 0 spiro atoms. The van der Waals surface area contributed by atoms with Crippen LogP contribution in [0, 0.1) is 11.7 Å². The third-order valence-electron chi connectivity index (χ3n) is 3.13. The van der Waals surface area contributed by atoms with E-state index in [0.717, 1.165) is 12.3 Å². The molecule has 1 aliphatic rings. The van der Waals surface area contributed by atoms with Crippen LogP contribution in [0.25, 0.3) is 0 Å². The smallest absolute Gasteiger partial charge is 0.256 e. The molecule has 2 rings (SSSR count). The van der Waals surface area contributed by atoms with E-state index in [0.29, 0.717) is 25.3 Å². The van der Waals surface area contributed by atoms with Crippen molar-refractivity contribution in [2.45, 2.75) is 18.9 Å². The second kappa shape index (κ2) is 5.20. The maximum atomic E-state index is 13.0. The fourth-order valence-electron chi connectivity index (χ4n) is 2.10. The van der Waals surface area contributed by atoms with Gasteiger partial charge in [0.15, 0.2) is 0 Å². The summed E-state index contributed by atoms with van der Waals surface area (Å²) in [7, 11) is 1.63. The molecule has 0 saturated heterocycles. The zero-order chi connectivity index (χ0) is 13.3. The van der Waals surface area contributed by atoms with Gasteiger partial charge in [-0.2, -0.15) is 0 Å². The van der Waals surface area contributed by atoms with Gasteiger partial charge in [0, 0.05) is 13.6 Å². The Morgan fingerprint density at radius 1 is 1.67 bits per heavy atom. The number of carbonyl (C=O) groups excluding carboxylic acids is 1. The number of hydrogen-bond donors (Lipinski definition) is 1. The van der Waals surface area contributed by atoms with Crippen LogP contribution < -0.4 is 0 Å². The molecule has 1 fully saturated rings. The first-order chi connectivity index (χ1) is 8.47. The van der Waals surface area contributed by atoms with Crippen LogP contribution in [-0.4, -0.2) is 40.6 Å². The van der Waals surface area contributed by atoms with Gasteiger partial charge < -0.3 is 10.0 Å². The summed E-state index contributed by atoms with van der Waals surface area (Å²) in [4.78, 5) is 17.1. The quantitative estimate of drug-likeness (QED) is 0.853. The van der Waals surface area contributed by atoms with Gasteiger partial charge in [0.1, 0.15) is 11.0 Å². The first-order valence-electron chi connectivity index (χ1n) is 5.72. The molecule has 1 amide bonds. The Balaban J connectivity index is 2.03. The molecule has 18 heavy (non-hydrogen) atoms. The summed E-state index contributed by atoms with van der Waals surface area (Å²) in [6, 6.07) is 1.09. The van der Waals surface area contributed by atoms with Crippen molar-refractivity contribution in [3.05, 3.63) is 28.8 Å². The average Bonchev–Trinajstić information content (AvgIpc) is 2.29. The summed E-state index contributed by atoms with van der Waals surface area (Å²) in [5.41, 5.74) is 0.0686. The summed E-state index contributed by atoms with van der Waals surface area (Å²) < 4.78 is 13.0. The lowest BCUT2D eigenvalue weighted by Crippen LogP contribution is -2.39. The number of aliphatic hydroxyl groups is 1. The van der Waals surface area contributed by atoms with Crippen LogP contribution in [0.15, 0.2) is 12.3 Å². The largest absolute Gasteiger partial charge is 0.393 e. The molecular formula is C12H14ClFN2O2. The van der Waals surface area contributed by atoms with E-state index in [1.807, 2.05) is 0 Å². The first kappa shape index (κ1) is 13.2. The van der Waals surface area contributed by atoms with Gasteiger partial charge in [0.2, 0.25) is 0 Å². The van der Waals surface area contributed by atoms with Gasteiger partial charge in [-0.25, -0.2) is 9.37 Å². The third-order valence-corrected chi connectivity index (χ3v) is 3.43. The molecule has 1 N–H and O–H groups in total. The van der Waals surface area contributed by atoms with Crippen LogP contribution in [0.4, 0.5) is 4.39 Å². The molecule has 98 valence electrons.